The van der Waals surface area contributed by atoms with Gasteiger partial charge in [0.1, 0.15) is 0 Å². The van der Waals surface area contributed by atoms with Crippen molar-refractivity contribution in [3.05, 3.63) is 59.7 Å². The highest BCUT2D eigenvalue weighted by molar-refractivity contribution is 7.92. The normalized spacial score (nSPS) is 14.0. The Kier molecular flexibility index (Phi) is 3.59. The third-order valence-corrected chi connectivity index (χ3v) is 4.20. The fourth-order valence-corrected chi connectivity index (χ4v) is 3.27. The van der Waals surface area contributed by atoms with E-state index in [9.17, 15) is 8.42 Å². The van der Waals surface area contributed by atoms with Gasteiger partial charge >= 0.3 is 0 Å². The summed E-state index contributed by atoms with van der Waals surface area (Å²) >= 11 is 0. The third-order valence-electron chi connectivity index (χ3n) is 3.59. The molecule has 1 aliphatic heterocycles. The minimum Gasteiger partial charge on any atom is -0.367 e. The van der Waals surface area contributed by atoms with Crippen molar-refractivity contribution in [2.75, 3.05) is 22.4 Å². The van der Waals surface area contributed by atoms with Crippen LogP contribution in [0.1, 0.15) is 11.1 Å². The van der Waals surface area contributed by atoms with E-state index in [-0.39, 0.29) is 0 Å². The van der Waals surface area contributed by atoms with Crippen LogP contribution < -0.4 is 9.62 Å². The van der Waals surface area contributed by atoms with Crippen LogP contribution in [0.5, 0.6) is 0 Å². The van der Waals surface area contributed by atoms with Crippen molar-refractivity contribution >= 4 is 21.4 Å². The molecule has 2 aromatic rings. The molecule has 0 atom stereocenters. The zero-order valence-electron chi connectivity index (χ0n) is 11.9. The van der Waals surface area contributed by atoms with Gasteiger partial charge in [-0.05, 0) is 35.7 Å². The fourth-order valence-electron chi connectivity index (χ4n) is 2.72. The Bertz CT molecular complexity index is 742. The summed E-state index contributed by atoms with van der Waals surface area (Å²) in [6, 6.07) is 16.1. The van der Waals surface area contributed by atoms with Crippen LogP contribution in [-0.4, -0.2) is 21.2 Å². The Morgan fingerprint density at radius 1 is 1.14 bits per heavy atom. The fraction of sp³-hybridized carbons (Fsp3) is 0.250. The van der Waals surface area contributed by atoms with Gasteiger partial charge in [-0.2, -0.15) is 0 Å². The van der Waals surface area contributed by atoms with E-state index in [1.807, 2.05) is 36.4 Å². The Morgan fingerprint density at radius 2 is 1.90 bits per heavy atom. The van der Waals surface area contributed by atoms with Crippen molar-refractivity contribution in [3.8, 4) is 0 Å². The molecule has 5 heteroatoms. The van der Waals surface area contributed by atoms with E-state index in [1.54, 1.807) is 0 Å². The van der Waals surface area contributed by atoms with Crippen molar-refractivity contribution in [3.63, 3.8) is 0 Å². The zero-order chi connectivity index (χ0) is 14.9. The van der Waals surface area contributed by atoms with E-state index >= 15 is 0 Å². The summed E-state index contributed by atoms with van der Waals surface area (Å²) in [5, 5.41) is 0. The summed E-state index contributed by atoms with van der Waals surface area (Å²) in [6.07, 6.45) is 2.11. The zero-order valence-corrected chi connectivity index (χ0v) is 12.7. The molecule has 0 radical (unpaired) electrons. The van der Waals surface area contributed by atoms with Crippen LogP contribution >= 0.6 is 0 Å². The third kappa shape index (κ3) is 3.36. The number of hydrogen-bond acceptors (Lipinski definition) is 3. The number of nitrogens with one attached hydrogen (secondary N) is 1. The number of benzene rings is 2. The molecule has 0 aromatic heterocycles. The summed E-state index contributed by atoms with van der Waals surface area (Å²) in [7, 11) is -3.22. The van der Waals surface area contributed by atoms with Crippen molar-refractivity contribution in [2.24, 2.45) is 0 Å². The van der Waals surface area contributed by atoms with E-state index in [0.29, 0.717) is 5.69 Å². The lowest BCUT2D eigenvalue weighted by atomic mass is 10.1. The lowest BCUT2D eigenvalue weighted by Crippen LogP contribution is -2.19. The lowest BCUT2D eigenvalue weighted by Gasteiger charge is -2.19. The summed E-state index contributed by atoms with van der Waals surface area (Å²) in [5.41, 5.74) is 4.30. The van der Waals surface area contributed by atoms with Gasteiger partial charge in [-0.3, -0.25) is 4.72 Å². The summed E-state index contributed by atoms with van der Waals surface area (Å²) in [4.78, 5) is 2.33. The number of fused-ring (bicyclic) bond motifs is 1. The second-order valence-corrected chi connectivity index (χ2v) is 7.12. The first kappa shape index (κ1) is 13.9. The van der Waals surface area contributed by atoms with Crippen molar-refractivity contribution in [1.82, 2.24) is 0 Å². The maximum Gasteiger partial charge on any atom is 0.229 e. The molecule has 0 saturated carbocycles. The maximum atomic E-state index is 11.3. The molecule has 0 unspecified atom stereocenters. The molecule has 0 aliphatic carbocycles. The van der Waals surface area contributed by atoms with Gasteiger partial charge in [-0.1, -0.05) is 30.3 Å². The number of nitrogens with zero attached hydrogens (tertiary/aromatic N) is 1. The molecule has 2 aromatic carbocycles. The van der Waals surface area contributed by atoms with Gasteiger partial charge in [0, 0.05) is 24.5 Å². The maximum absolute atomic E-state index is 11.3. The molecule has 0 bridgehead atoms. The first-order valence-electron chi connectivity index (χ1n) is 6.91. The molecule has 21 heavy (non-hydrogen) atoms. The summed E-state index contributed by atoms with van der Waals surface area (Å²) in [6.45, 7) is 1.85. The van der Waals surface area contributed by atoms with Crippen LogP contribution in [0.2, 0.25) is 0 Å². The van der Waals surface area contributed by atoms with Gasteiger partial charge in [-0.25, -0.2) is 8.42 Å². The molecule has 1 heterocycles. The molecular weight excluding hydrogens is 284 g/mol. The van der Waals surface area contributed by atoms with E-state index in [4.69, 9.17) is 0 Å². The molecule has 1 aliphatic rings. The van der Waals surface area contributed by atoms with Gasteiger partial charge in [0.15, 0.2) is 0 Å². The van der Waals surface area contributed by atoms with E-state index in [0.717, 1.165) is 19.5 Å². The average molecular weight is 302 g/mol. The largest absolute Gasteiger partial charge is 0.367 e. The molecule has 0 fully saturated rings. The predicted molar refractivity (Wildman–Crippen MR) is 86.1 cm³/mol. The molecule has 3 rings (SSSR count). The Hall–Kier alpha value is -2.01. The minimum atomic E-state index is -3.22. The number of sulfonamides is 1. The number of anilines is 2. The highest BCUT2D eigenvalue weighted by Crippen LogP contribution is 2.31. The molecule has 0 spiro atoms. The van der Waals surface area contributed by atoms with Gasteiger partial charge in [0.2, 0.25) is 10.0 Å². The van der Waals surface area contributed by atoms with Crippen molar-refractivity contribution < 1.29 is 8.42 Å². The molecule has 0 saturated heterocycles. The van der Waals surface area contributed by atoms with Crippen molar-refractivity contribution in [2.45, 2.75) is 13.0 Å². The first-order valence-corrected chi connectivity index (χ1v) is 8.80. The van der Waals surface area contributed by atoms with Gasteiger partial charge in [-0.15, -0.1) is 0 Å². The first-order chi connectivity index (χ1) is 10.0. The topological polar surface area (TPSA) is 49.4 Å². The smallest absolute Gasteiger partial charge is 0.229 e. The molecular formula is C16H18N2O2S. The highest BCUT2D eigenvalue weighted by atomic mass is 32.2. The monoisotopic (exact) mass is 302 g/mol. The number of hydrogen-bond donors (Lipinski definition) is 1. The molecule has 4 nitrogen and oxygen atoms in total. The van der Waals surface area contributed by atoms with E-state index < -0.39 is 10.0 Å². The molecule has 1 N–H and O–H groups in total. The van der Waals surface area contributed by atoms with Crippen LogP contribution in [0.25, 0.3) is 0 Å². The second-order valence-electron chi connectivity index (χ2n) is 5.37. The van der Waals surface area contributed by atoms with Crippen molar-refractivity contribution in [1.29, 1.82) is 0 Å². The number of rotatable bonds is 4. The van der Waals surface area contributed by atoms with Crippen LogP contribution in [0, 0.1) is 0 Å². The molecule has 110 valence electrons. The van der Waals surface area contributed by atoms with Crippen LogP contribution in [-0.2, 0) is 23.0 Å². The SMILES string of the molecule is CS(=O)(=O)Nc1ccc2c(c1)CCN2Cc1ccccc1. The predicted octanol–water partition coefficient (Wildman–Crippen LogP) is 2.62. The average Bonchev–Trinajstić information content (AvgIpc) is 2.81. The standard InChI is InChI=1S/C16H18N2O2S/c1-21(19,20)17-15-7-8-16-14(11-15)9-10-18(16)12-13-5-3-2-4-6-13/h2-8,11,17H,9-10,12H2,1H3. The van der Waals surface area contributed by atoms with Gasteiger partial charge in [0.05, 0.1) is 6.26 Å². The lowest BCUT2D eigenvalue weighted by molar-refractivity contribution is 0.607. The highest BCUT2D eigenvalue weighted by Gasteiger charge is 2.19. The molecule has 0 amide bonds. The van der Waals surface area contributed by atoms with Gasteiger partial charge in [0.25, 0.3) is 0 Å². The van der Waals surface area contributed by atoms with E-state index in [1.165, 1.54) is 23.1 Å². The van der Waals surface area contributed by atoms with E-state index in [2.05, 4.69) is 21.8 Å². The van der Waals surface area contributed by atoms with Crippen LogP contribution in [0.3, 0.4) is 0 Å². The minimum absolute atomic E-state index is 0.637. The summed E-state index contributed by atoms with van der Waals surface area (Å²) < 4.78 is 25.1. The van der Waals surface area contributed by atoms with Crippen LogP contribution in [0.15, 0.2) is 48.5 Å². The van der Waals surface area contributed by atoms with Crippen LogP contribution in [0.4, 0.5) is 11.4 Å². The Morgan fingerprint density at radius 3 is 2.62 bits per heavy atom. The van der Waals surface area contributed by atoms with Gasteiger partial charge < -0.3 is 4.90 Å². The second kappa shape index (κ2) is 5.41. The quantitative estimate of drug-likeness (QED) is 0.944. The Labute approximate surface area is 125 Å². The Balaban J connectivity index is 1.80. The summed E-state index contributed by atoms with van der Waals surface area (Å²) in [5.74, 6) is 0.